The summed E-state index contributed by atoms with van der Waals surface area (Å²) in [5, 5.41) is 10.7. The van der Waals surface area contributed by atoms with Gasteiger partial charge in [0.2, 0.25) is 0 Å². The molecule has 0 unspecified atom stereocenters. The first kappa shape index (κ1) is 12.5. The van der Waals surface area contributed by atoms with Crippen molar-refractivity contribution in [2.24, 2.45) is 0 Å². The number of nitrogens with one attached hydrogen (secondary N) is 2. The standard InChI is InChI=1S/C11H19N3/c1-6-7-10(3)13-8-9(2)11(12)14(4)5/h6-8,12-13H,3H2,1-2,4-5H3/b7-6+,9-8?,12-11?. The van der Waals surface area contributed by atoms with E-state index in [9.17, 15) is 0 Å². The molecule has 0 aromatic carbocycles. The Morgan fingerprint density at radius 1 is 1.43 bits per heavy atom. The van der Waals surface area contributed by atoms with Crippen LogP contribution in [0.25, 0.3) is 0 Å². The molecule has 0 rings (SSSR count). The third-order valence-electron chi connectivity index (χ3n) is 1.66. The van der Waals surface area contributed by atoms with Gasteiger partial charge in [0, 0.05) is 31.6 Å². The maximum atomic E-state index is 7.67. The first-order valence-electron chi connectivity index (χ1n) is 4.50. The molecular formula is C11H19N3. The number of hydrogen-bond acceptors (Lipinski definition) is 2. The van der Waals surface area contributed by atoms with Crippen molar-refractivity contribution in [2.75, 3.05) is 14.1 Å². The zero-order chi connectivity index (χ0) is 11.1. The summed E-state index contributed by atoms with van der Waals surface area (Å²) in [6.07, 6.45) is 5.57. The van der Waals surface area contributed by atoms with Crippen LogP contribution in [0, 0.1) is 5.41 Å². The minimum Gasteiger partial charge on any atom is -0.363 e. The van der Waals surface area contributed by atoms with Crippen LogP contribution >= 0.6 is 0 Å². The van der Waals surface area contributed by atoms with Gasteiger partial charge in [0.05, 0.1) is 0 Å². The van der Waals surface area contributed by atoms with Crippen molar-refractivity contribution < 1.29 is 0 Å². The molecule has 0 radical (unpaired) electrons. The van der Waals surface area contributed by atoms with E-state index in [-0.39, 0.29) is 0 Å². The molecule has 0 aliphatic rings. The van der Waals surface area contributed by atoms with Gasteiger partial charge in [0.1, 0.15) is 5.84 Å². The van der Waals surface area contributed by atoms with Gasteiger partial charge in [-0.3, -0.25) is 5.41 Å². The molecular weight excluding hydrogens is 174 g/mol. The second-order valence-corrected chi connectivity index (χ2v) is 3.24. The smallest absolute Gasteiger partial charge is 0.124 e. The van der Waals surface area contributed by atoms with Gasteiger partial charge in [0.25, 0.3) is 0 Å². The highest BCUT2D eigenvalue weighted by Gasteiger charge is 2.00. The van der Waals surface area contributed by atoms with Crippen molar-refractivity contribution in [1.29, 1.82) is 5.41 Å². The summed E-state index contributed by atoms with van der Waals surface area (Å²) in [6, 6.07) is 0. The molecule has 0 fully saturated rings. The van der Waals surface area contributed by atoms with Gasteiger partial charge < -0.3 is 10.2 Å². The Labute approximate surface area is 86.3 Å². The van der Waals surface area contributed by atoms with E-state index in [0.717, 1.165) is 11.3 Å². The van der Waals surface area contributed by atoms with Crippen LogP contribution in [-0.4, -0.2) is 24.8 Å². The first-order valence-corrected chi connectivity index (χ1v) is 4.50. The Kier molecular flexibility index (Phi) is 5.37. The lowest BCUT2D eigenvalue weighted by molar-refractivity contribution is 0.617. The van der Waals surface area contributed by atoms with Crippen LogP contribution in [0.15, 0.2) is 36.2 Å². The zero-order valence-corrected chi connectivity index (χ0v) is 9.39. The Morgan fingerprint density at radius 2 is 2.00 bits per heavy atom. The summed E-state index contributed by atoms with van der Waals surface area (Å²) >= 11 is 0. The lowest BCUT2D eigenvalue weighted by atomic mass is 10.3. The maximum absolute atomic E-state index is 7.67. The topological polar surface area (TPSA) is 39.1 Å². The highest BCUT2D eigenvalue weighted by Crippen LogP contribution is 1.97. The summed E-state index contributed by atoms with van der Waals surface area (Å²) in [5.74, 6) is 0.491. The number of likely N-dealkylation sites (N-methyl/N-ethyl adjacent to an activating group) is 1. The van der Waals surface area contributed by atoms with E-state index in [2.05, 4.69) is 11.9 Å². The van der Waals surface area contributed by atoms with Crippen molar-refractivity contribution in [2.45, 2.75) is 13.8 Å². The van der Waals surface area contributed by atoms with E-state index in [4.69, 9.17) is 5.41 Å². The van der Waals surface area contributed by atoms with E-state index in [1.807, 2.05) is 40.1 Å². The monoisotopic (exact) mass is 193 g/mol. The third kappa shape index (κ3) is 4.50. The predicted molar refractivity (Wildman–Crippen MR) is 62.3 cm³/mol. The van der Waals surface area contributed by atoms with Crippen LogP contribution in [-0.2, 0) is 0 Å². The molecule has 14 heavy (non-hydrogen) atoms. The Morgan fingerprint density at radius 3 is 2.43 bits per heavy atom. The average Bonchev–Trinajstić information content (AvgIpc) is 2.13. The third-order valence-corrected chi connectivity index (χ3v) is 1.66. The summed E-state index contributed by atoms with van der Waals surface area (Å²) in [6.45, 7) is 7.62. The van der Waals surface area contributed by atoms with Gasteiger partial charge in [-0.05, 0) is 19.9 Å². The quantitative estimate of drug-likeness (QED) is 0.408. The van der Waals surface area contributed by atoms with Crippen LogP contribution in [0.4, 0.5) is 0 Å². The molecule has 0 aromatic rings. The van der Waals surface area contributed by atoms with E-state index in [0.29, 0.717) is 5.84 Å². The number of amidine groups is 1. The number of allylic oxidation sites excluding steroid dienone is 2. The van der Waals surface area contributed by atoms with Crippen LogP contribution in [0.1, 0.15) is 13.8 Å². The van der Waals surface area contributed by atoms with Crippen LogP contribution in [0.5, 0.6) is 0 Å². The molecule has 0 atom stereocenters. The average molecular weight is 193 g/mol. The van der Waals surface area contributed by atoms with Crippen molar-refractivity contribution in [3.05, 3.63) is 36.2 Å². The van der Waals surface area contributed by atoms with Gasteiger partial charge in [-0.2, -0.15) is 0 Å². The van der Waals surface area contributed by atoms with E-state index < -0.39 is 0 Å². The largest absolute Gasteiger partial charge is 0.363 e. The molecule has 3 nitrogen and oxygen atoms in total. The number of nitrogens with zero attached hydrogens (tertiary/aromatic N) is 1. The fourth-order valence-electron chi connectivity index (χ4n) is 0.871. The van der Waals surface area contributed by atoms with Crippen molar-refractivity contribution in [1.82, 2.24) is 10.2 Å². The van der Waals surface area contributed by atoms with Gasteiger partial charge >= 0.3 is 0 Å². The Bertz CT molecular complexity index is 272. The van der Waals surface area contributed by atoms with Gasteiger partial charge in [0.15, 0.2) is 0 Å². The van der Waals surface area contributed by atoms with Gasteiger partial charge in [-0.15, -0.1) is 0 Å². The summed E-state index contributed by atoms with van der Waals surface area (Å²) in [7, 11) is 3.70. The molecule has 78 valence electrons. The lowest BCUT2D eigenvalue weighted by Crippen LogP contribution is -2.22. The molecule has 0 aliphatic heterocycles. The van der Waals surface area contributed by atoms with E-state index >= 15 is 0 Å². The minimum absolute atomic E-state index is 0.491. The molecule has 0 aliphatic carbocycles. The fourth-order valence-corrected chi connectivity index (χ4v) is 0.871. The normalized spacial score (nSPS) is 11.6. The minimum atomic E-state index is 0.491. The van der Waals surface area contributed by atoms with E-state index in [1.165, 1.54) is 0 Å². The molecule has 3 heteroatoms. The van der Waals surface area contributed by atoms with Crippen LogP contribution in [0.2, 0.25) is 0 Å². The molecule has 0 spiro atoms. The van der Waals surface area contributed by atoms with Crippen LogP contribution in [0.3, 0.4) is 0 Å². The van der Waals surface area contributed by atoms with Gasteiger partial charge in [-0.25, -0.2) is 0 Å². The number of rotatable bonds is 4. The molecule has 0 saturated heterocycles. The van der Waals surface area contributed by atoms with Crippen molar-refractivity contribution >= 4 is 5.84 Å². The highest BCUT2D eigenvalue weighted by atomic mass is 15.1. The zero-order valence-electron chi connectivity index (χ0n) is 9.39. The van der Waals surface area contributed by atoms with Crippen molar-refractivity contribution in [3.8, 4) is 0 Å². The van der Waals surface area contributed by atoms with Crippen LogP contribution < -0.4 is 5.32 Å². The second-order valence-electron chi connectivity index (χ2n) is 3.24. The summed E-state index contributed by atoms with van der Waals surface area (Å²) in [4.78, 5) is 1.76. The molecule has 2 N–H and O–H groups in total. The molecule has 0 aromatic heterocycles. The Hall–Kier alpha value is -1.51. The lowest BCUT2D eigenvalue weighted by Gasteiger charge is -2.14. The highest BCUT2D eigenvalue weighted by molar-refractivity contribution is 5.94. The SMILES string of the molecule is C=C(/C=C/C)NC=C(C)C(=N)N(C)C. The summed E-state index contributed by atoms with van der Waals surface area (Å²) < 4.78 is 0. The number of hydrogen-bond donors (Lipinski definition) is 2. The summed E-state index contributed by atoms with van der Waals surface area (Å²) in [5.41, 5.74) is 1.69. The molecule has 0 saturated carbocycles. The Balaban J connectivity index is 4.26. The second kappa shape index (κ2) is 6.02. The van der Waals surface area contributed by atoms with Crippen molar-refractivity contribution in [3.63, 3.8) is 0 Å². The van der Waals surface area contributed by atoms with E-state index in [1.54, 1.807) is 11.1 Å². The first-order chi connectivity index (χ1) is 6.49. The maximum Gasteiger partial charge on any atom is 0.124 e. The predicted octanol–water partition coefficient (Wildman–Crippen LogP) is 2.11. The molecule has 0 heterocycles. The molecule has 0 amide bonds. The fraction of sp³-hybridized carbons (Fsp3) is 0.364. The van der Waals surface area contributed by atoms with Gasteiger partial charge in [-0.1, -0.05) is 12.7 Å². The molecule has 0 bridgehead atoms.